The minimum Gasteiger partial charge on any atom is -0.371 e. The van der Waals surface area contributed by atoms with Crippen LogP contribution >= 0.6 is 0 Å². The topological polar surface area (TPSA) is 74.9 Å². The van der Waals surface area contributed by atoms with Gasteiger partial charge in [0.25, 0.3) is 5.91 Å². The predicted molar refractivity (Wildman–Crippen MR) is 72.3 cm³/mol. The van der Waals surface area contributed by atoms with Crippen LogP contribution in [0.2, 0.25) is 0 Å². The molecule has 0 spiro atoms. The van der Waals surface area contributed by atoms with E-state index < -0.39 is 17.6 Å². The molecule has 3 saturated heterocycles. The van der Waals surface area contributed by atoms with Gasteiger partial charge in [-0.3, -0.25) is 4.79 Å². The zero-order valence-electron chi connectivity index (χ0n) is 12.9. The molecule has 7 heteroatoms. The van der Waals surface area contributed by atoms with Crippen LogP contribution in [0.3, 0.4) is 0 Å². The highest BCUT2D eigenvalue weighted by molar-refractivity contribution is 6.07. The van der Waals surface area contributed by atoms with Gasteiger partial charge >= 0.3 is 6.03 Å². The number of ether oxygens (including phenoxy) is 3. The smallest absolute Gasteiger partial charge is 0.330 e. The number of carbonyl (C=O) groups is 2. The van der Waals surface area contributed by atoms with Gasteiger partial charge in [-0.05, 0) is 27.2 Å². The summed E-state index contributed by atoms with van der Waals surface area (Å²) in [7, 11) is 0. The van der Waals surface area contributed by atoms with E-state index in [1.54, 1.807) is 25.7 Å². The van der Waals surface area contributed by atoms with Gasteiger partial charge in [0.1, 0.15) is 5.54 Å². The van der Waals surface area contributed by atoms with Crippen molar-refractivity contribution < 1.29 is 23.8 Å². The lowest BCUT2D eigenvalue weighted by atomic mass is 10.0. The van der Waals surface area contributed by atoms with E-state index >= 15 is 0 Å². The Morgan fingerprint density at radius 3 is 2.57 bits per heavy atom. The lowest BCUT2D eigenvalue weighted by Crippen LogP contribution is -2.46. The molecule has 7 nitrogen and oxygen atoms in total. The quantitative estimate of drug-likeness (QED) is 0.538. The van der Waals surface area contributed by atoms with Crippen molar-refractivity contribution in [1.82, 2.24) is 9.80 Å². The van der Waals surface area contributed by atoms with Gasteiger partial charge in [-0.1, -0.05) is 6.92 Å². The molecule has 3 heterocycles. The maximum atomic E-state index is 12.6. The summed E-state index contributed by atoms with van der Waals surface area (Å²) >= 11 is 0. The summed E-state index contributed by atoms with van der Waals surface area (Å²) in [4.78, 5) is 28.1. The van der Waals surface area contributed by atoms with E-state index in [0.29, 0.717) is 19.8 Å². The highest BCUT2D eigenvalue weighted by atomic mass is 16.8. The monoisotopic (exact) mass is 298 g/mol. The third kappa shape index (κ3) is 2.23. The third-order valence-corrected chi connectivity index (χ3v) is 4.26. The predicted octanol–water partition coefficient (Wildman–Crippen LogP) is 0.927. The summed E-state index contributed by atoms with van der Waals surface area (Å²) in [5, 5.41) is 0. The number of epoxide rings is 2. The average Bonchev–Trinajstić information content (AvgIpc) is 3.30. The number of nitrogens with zero attached hydrogens (tertiary/aromatic N) is 2. The van der Waals surface area contributed by atoms with E-state index in [0.717, 1.165) is 6.42 Å². The maximum Gasteiger partial charge on any atom is 0.330 e. The van der Waals surface area contributed by atoms with Crippen molar-refractivity contribution in [2.45, 2.75) is 57.8 Å². The van der Waals surface area contributed by atoms with Gasteiger partial charge in [0.05, 0.1) is 19.3 Å². The summed E-state index contributed by atoms with van der Waals surface area (Å²) in [6, 6.07) is -0.328. The lowest BCUT2D eigenvalue weighted by molar-refractivity contribution is -0.135. The summed E-state index contributed by atoms with van der Waals surface area (Å²) in [6.45, 7) is 8.84. The number of rotatable bonds is 6. The highest BCUT2D eigenvalue weighted by Crippen LogP contribution is 2.45. The largest absolute Gasteiger partial charge is 0.371 e. The van der Waals surface area contributed by atoms with Gasteiger partial charge in [0, 0.05) is 6.61 Å². The summed E-state index contributed by atoms with van der Waals surface area (Å²) in [6.07, 6.45) is 0.369. The molecule has 0 N–H and O–H groups in total. The van der Waals surface area contributed by atoms with Crippen LogP contribution in [-0.2, 0) is 19.0 Å². The van der Waals surface area contributed by atoms with Crippen molar-refractivity contribution in [3.8, 4) is 0 Å². The molecule has 3 aliphatic heterocycles. The normalized spacial score (nSPS) is 37.3. The van der Waals surface area contributed by atoms with Gasteiger partial charge < -0.3 is 19.1 Å². The molecular weight excluding hydrogens is 276 g/mol. The van der Waals surface area contributed by atoms with E-state index in [1.165, 1.54) is 4.90 Å². The summed E-state index contributed by atoms with van der Waals surface area (Å²) in [5.41, 5.74) is -1.87. The van der Waals surface area contributed by atoms with Crippen LogP contribution in [0, 0.1) is 0 Å². The number of hydrogen-bond donors (Lipinski definition) is 0. The molecule has 3 fully saturated rings. The first-order valence-electron chi connectivity index (χ1n) is 7.39. The molecule has 0 radical (unpaired) electrons. The molecular formula is C14H22N2O5. The second-order valence-electron chi connectivity index (χ2n) is 6.42. The molecule has 3 atom stereocenters. The number of imide groups is 1. The molecule has 3 rings (SSSR count). The fourth-order valence-electron chi connectivity index (χ4n) is 2.67. The fraction of sp³-hybridized carbons (Fsp3) is 0.857. The molecule has 0 aromatic heterocycles. The molecule has 21 heavy (non-hydrogen) atoms. The Morgan fingerprint density at radius 1 is 1.33 bits per heavy atom. The second kappa shape index (κ2) is 4.66. The minimum atomic E-state index is -0.986. The van der Waals surface area contributed by atoms with Crippen molar-refractivity contribution >= 4 is 11.9 Å². The first-order chi connectivity index (χ1) is 9.82. The van der Waals surface area contributed by atoms with Gasteiger partial charge in [-0.25, -0.2) is 9.69 Å². The van der Waals surface area contributed by atoms with Gasteiger partial charge in [-0.15, -0.1) is 0 Å². The number of amides is 3. The van der Waals surface area contributed by atoms with Crippen molar-refractivity contribution in [3.05, 3.63) is 0 Å². The van der Waals surface area contributed by atoms with Crippen LogP contribution in [0.4, 0.5) is 4.79 Å². The molecule has 0 saturated carbocycles. The van der Waals surface area contributed by atoms with Crippen LogP contribution in [0.5, 0.6) is 0 Å². The van der Waals surface area contributed by atoms with Gasteiger partial charge in [-0.2, -0.15) is 0 Å². The summed E-state index contributed by atoms with van der Waals surface area (Å²) < 4.78 is 16.2. The fourth-order valence-corrected chi connectivity index (χ4v) is 2.67. The molecule has 3 aliphatic rings. The molecule has 0 aromatic rings. The van der Waals surface area contributed by atoms with Gasteiger partial charge in [0.15, 0.2) is 0 Å². The maximum absolute atomic E-state index is 12.6. The number of urea groups is 1. The van der Waals surface area contributed by atoms with Crippen LogP contribution in [0.15, 0.2) is 0 Å². The molecule has 3 amide bonds. The molecule has 0 bridgehead atoms. The van der Waals surface area contributed by atoms with E-state index in [1.807, 2.05) is 6.92 Å². The van der Waals surface area contributed by atoms with Crippen LogP contribution in [-0.4, -0.2) is 65.2 Å². The average molecular weight is 298 g/mol. The molecule has 0 aromatic carbocycles. The van der Waals surface area contributed by atoms with Crippen molar-refractivity contribution in [1.29, 1.82) is 0 Å². The van der Waals surface area contributed by atoms with Crippen LogP contribution < -0.4 is 0 Å². The Hall–Kier alpha value is -1.18. The number of hydrogen-bond acceptors (Lipinski definition) is 5. The Morgan fingerprint density at radius 2 is 2.00 bits per heavy atom. The molecule has 118 valence electrons. The van der Waals surface area contributed by atoms with Crippen LogP contribution in [0.1, 0.15) is 34.1 Å². The highest BCUT2D eigenvalue weighted by Gasteiger charge is 2.68. The number of carbonyl (C=O) groups excluding carboxylic acids is 2. The lowest BCUT2D eigenvalue weighted by Gasteiger charge is -2.26. The first-order valence-corrected chi connectivity index (χ1v) is 7.39. The van der Waals surface area contributed by atoms with E-state index in [2.05, 4.69) is 0 Å². The Bertz CT molecular complexity index is 476. The Balaban J connectivity index is 1.77. The Kier molecular flexibility index (Phi) is 3.27. The molecule has 3 unspecified atom stereocenters. The second-order valence-corrected chi connectivity index (χ2v) is 6.42. The van der Waals surface area contributed by atoms with E-state index in [-0.39, 0.29) is 18.0 Å². The van der Waals surface area contributed by atoms with Gasteiger partial charge in [0.2, 0.25) is 12.0 Å². The van der Waals surface area contributed by atoms with Crippen molar-refractivity contribution in [2.24, 2.45) is 0 Å². The van der Waals surface area contributed by atoms with Crippen molar-refractivity contribution in [2.75, 3.05) is 19.8 Å². The van der Waals surface area contributed by atoms with E-state index in [9.17, 15) is 9.59 Å². The summed E-state index contributed by atoms with van der Waals surface area (Å²) in [5.74, 6) is -0.252. The Labute approximate surface area is 124 Å². The zero-order chi connectivity index (χ0) is 15.4. The zero-order valence-corrected chi connectivity index (χ0v) is 12.9. The first kappa shape index (κ1) is 14.7. The van der Waals surface area contributed by atoms with E-state index in [4.69, 9.17) is 14.2 Å². The third-order valence-electron chi connectivity index (χ3n) is 4.26. The van der Waals surface area contributed by atoms with Crippen LogP contribution in [0.25, 0.3) is 0 Å². The standard InChI is InChI=1S/C14H22N2O5/c1-5-6-19-11-14(4,21-11)16-10(17)13(2,3)15(12(16)18)7-9-8-20-9/h9,11H,5-8H2,1-4H3. The van der Waals surface area contributed by atoms with Crippen molar-refractivity contribution in [3.63, 3.8) is 0 Å². The molecule has 0 aliphatic carbocycles. The SMILES string of the molecule is CCCOC1OC1(C)N1C(=O)N(CC2CO2)C(C)(C)C1=O. The minimum absolute atomic E-state index is 0.0426.